The zero-order valence-electron chi connectivity index (χ0n) is 15.0. The summed E-state index contributed by atoms with van der Waals surface area (Å²) in [5.41, 5.74) is 0.927. The average Bonchev–Trinajstić information content (AvgIpc) is 3.13. The first-order valence-electron chi connectivity index (χ1n) is 8.83. The highest BCUT2D eigenvalue weighted by molar-refractivity contribution is 5.93. The molecule has 2 amide bonds. The number of hydrogen-bond donors (Lipinski definition) is 2. The summed E-state index contributed by atoms with van der Waals surface area (Å²) in [5.74, 6) is -0.416. The Morgan fingerprint density at radius 3 is 2.73 bits per heavy atom. The molecule has 7 nitrogen and oxygen atoms in total. The van der Waals surface area contributed by atoms with E-state index in [1.807, 2.05) is 30.7 Å². The van der Waals surface area contributed by atoms with Crippen LogP contribution in [0.2, 0.25) is 0 Å². The summed E-state index contributed by atoms with van der Waals surface area (Å²) in [7, 11) is 0. The van der Waals surface area contributed by atoms with Crippen LogP contribution in [-0.2, 0) is 0 Å². The molecular formula is C19H24N4O3. The van der Waals surface area contributed by atoms with Gasteiger partial charge in [0.15, 0.2) is 0 Å². The summed E-state index contributed by atoms with van der Waals surface area (Å²) in [6, 6.07) is 8.54. The molecule has 0 aromatic carbocycles. The van der Waals surface area contributed by atoms with Crippen molar-refractivity contribution in [3.8, 4) is 0 Å². The van der Waals surface area contributed by atoms with E-state index in [4.69, 9.17) is 0 Å². The Hall–Kier alpha value is -2.67. The van der Waals surface area contributed by atoms with Gasteiger partial charge in [-0.3, -0.25) is 14.6 Å². The summed E-state index contributed by atoms with van der Waals surface area (Å²) in [6.07, 6.45) is 3.11. The number of amides is 2. The fourth-order valence-corrected chi connectivity index (χ4v) is 3.21. The number of aromatic nitrogens is 2. The van der Waals surface area contributed by atoms with Crippen LogP contribution in [0.5, 0.6) is 0 Å². The number of aliphatic hydroxyl groups excluding tert-OH is 1. The van der Waals surface area contributed by atoms with E-state index < -0.39 is 12.1 Å². The van der Waals surface area contributed by atoms with Crippen LogP contribution in [0.1, 0.15) is 47.3 Å². The van der Waals surface area contributed by atoms with Crippen molar-refractivity contribution in [3.63, 3.8) is 0 Å². The van der Waals surface area contributed by atoms with Gasteiger partial charge in [0.05, 0.1) is 12.1 Å². The first-order valence-corrected chi connectivity index (χ1v) is 8.83. The Bertz CT molecular complexity index is 772. The van der Waals surface area contributed by atoms with Gasteiger partial charge in [-0.1, -0.05) is 6.07 Å². The van der Waals surface area contributed by atoms with Crippen LogP contribution in [0, 0.1) is 0 Å². The van der Waals surface area contributed by atoms with Gasteiger partial charge in [-0.2, -0.15) is 0 Å². The van der Waals surface area contributed by atoms with Crippen molar-refractivity contribution in [2.45, 2.75) is 38.5 Å². The number of nitrogens with one attached hydrogen (secondary N) is 1. The number of β-amino-alcohol motifs (C(OH)–C–C–N with tert-alkyl or cyclic N) is 1. The molecule has 1 fully saturated rings. The molecule has 2 N–H and O–H groups in total. The molecule has 0 aliphatic carbocycles. The monoisotopic (exact) mass is 356 g/mol. The Morgan fingerprint density at radius 2 is 2.08 bits per heavy atom. The molecule has 3 heterocycles. The number of piperidine rings is 1. The van der Waals surface area contributed by atoms with E-state index in [9.17, 15) is 14.7 Å². The zero-order valence-corrected chi connectivity index (χ0v) is 15.0. The molecule has 1 aliphatic heterocycles. The Morgan fingerprint density at radius 1 is 1.27 bits per heavy atom. The predicted octanol–water partition coefficient (Wildman–Crippen LogP) is 1.47. The van der Waals surface area contributed by atoms with E-state index in [0.29, 0.717) is 24.4 Å². The molecule has 2 aromatic heterocycles. The quantitative estimate of drug-likeness (QED) is 0.868. The fourth-order valence-electron chi connectivity index (χ4n) is 3.21. The number of likely N-dealkylation sites (tertiary alicyclic amines) is 1. The molecule has 1 saturated heterocycles. The number of rotatable bonds is 4. The Kier molecular flexibility index (Phi) is 5.37. The molecule has 2 atom stereocenters. The minimum Gasteiger partial charge on any atom is -0.389 e. The highest BCUT2D eigenvalue weighted by Gasteiger charge is 2.32. The van der Waals surface area contributed by atoms with Crippen molar-refractivity contribution in [1.29, 1.82) is 0 Å². The van der Waals surface area contributed by atoms with Crippen molar-refractivity contribution in [2.24, 2.45) is 0 Å². The van der Waals surface area contributed by atoms with Gasteiger partial charge in [-0.15, -0.1) is 0 Å². The number of carbonyl (C=O) groups excluding carboxylic acids is 2. The van der Waals surface area contributed by atoms with E-state index in [2.05, 4.69) is 10.3 Å². The van der Waals surface area contributed by atoms with Crippen LogP contribution in [0.15, 0.2) is 42.7 Å². The summed E-state index contributed by atoms with van der Waals surface area (Å²) < 4.78 is 1.92. The van der Waals surface area contributed by atoms with Gasteiger partial charge in [0.1, 0.15) is 11.4 Å². The molecule has 0 saturated carbocycles. The molecule has 0 radical (unpaired) electrons. The molecule has 26 heavy (non-hydrogen) atoms. The summed E-state index contributed by atoms with van der Waals surface area (Å²) in [6.45, 7) is 4.71. The minimum atomic E-state index is -0.817. The van der Waals surface area contributed by atoms with Crippen molar-refractivity contribution >= 4 is 11.8 Å². The predicted molar refractivity (Wildman–Crippen MR) is 96.8 cm³/mol. The maximum atomic E-state index is 12.8. The number of aliphatic hydroxyl groups is 1. The van der Waals surface area contributed by atoms with Crippen molar-refractivity contribution in [2.75, 3.05) is 13.1 Å². The second-order valence-corrected chi connectivity index (χ2v) is 6.80. The maximum Gasteiger partial charge on any atom is 0.270 e. The van der Waals surface area contributed by atoms with Crippen LogP contribution >= 0.6 is 0 Å². The molecular weight excluding hydrogens is 332 g/mol. The lowest BCUT2D eigenvalue weighted by atomic mass is 10.0. The van der Waals surface area contributed by atoms with Gasteiger partial charge in [0.25, 0.3) is 11.8 Å². The van der Waals surface area contributed by atoms with E-state index in [-0.39, 0.29) is 24.4 Å². The normalized spacial score (nSPS) is 20.2. The molecule has 0 unspecified atom stereocenters. The Labute approximate surface area is 152 Å². The molecule has 7 heteroatoms. The van der Waals surface area contributed by atoms with E-state index in [0.717, 1.165) is 0 Å². The molecule has 1 aliphatic rings. The number of hydrogen-bond acceptors (Lipinski definition) is 4. The topological polar surface area (TPSA) is 87.5 Å². The largest absolute Gasteiger partial charge is 0.389 e. The van der Waals surface area contributed by atoms with Crippen molar-refractivity contribution in [1.82, 2.24) is 19.8 Å². The minimum absolute atomic E-state index is 0.0998. The Balaban J connectivity index is 1.62. The van der Waals surface area contributed by atoms with Crippen LogP contribution in [-0.4, -0.2) is 56.6 Å². The van der Waals surface area contributed by atoms with Gasteiger partial charge < -0.3 is 19.9 Å². The molecule has 138 valence electrons. The third-order valence-electron chi connectivity index (χ3n) is 4.64. The van der Waals surface area contributed by atoms with Crippen LogP contribution < -0.4 is 5.32 Å². The van der Waals surface area contributed by atoms with Crippen LogP contribution in [0.3, 0.4) is 0 Å². The van der Waals surface area contributed by atoms with Gasteiger partial charge >= 0.3 is 0 Å². The number of nitrogens with zero attached hydrogens (tertiary/aromatic N) is 3. The summed E-state index contributed by atoms with van der Waals surface area (Å²) in [5, 5.41) is 13.2. The fraction of sp³-hybridized carbons (Fsp3) is 0.421. The standard InChI is InChI=1S/C19H24N4O3/c1-13(2)23-10-5-7-16(23)19(26)22-11-8-14(17(24)12-22)21-18(25)15-6-3-4-9-20-15/h3-7,9-10,13-14,17,24H,8,11-12H2,1-2H3,(H,21,25)/t14-,17-/m1/s1. The lowest BCUT2D eigenvalue weighted by molar-refractivity contribution is 0.0307. The van der Waals surface area contributed by atoms with Crippen molar-refractivity contribution < 1.29 is 14.7 Å². The summed E-state index contributed by atoms with van der Waals surface area (Å²) >= 11 is 0. The molecule has 0 bridgehead atoms. The second-order valence-electron chi connectivity index (χ2n) is 6.80. The highest BCUT2D eigenvalue weighted by atomic mass is 16.3. The molecule has 3 rings (SSSR count). The third kappa shape index (κ3) is 3.77. The first kappa shape index (κ1) is 18.1. The SMILES string of the molecule is CC(C)n1cccc1C(=O)N1CC[C@@H](NC(=O)c2ccccn2)[C@H](O)C1. The number of pyridine rings is 1. The van der Waals surface area contributed by atoms with Gasteiger partial charge in [-0.05, 0) is 44.5 Å². The molecule has 2 aromatic rings. The van der Waals surface area contributed by atoms with Gasteiger partial charge in [0, 0.05) is 31.5 Å². The second kappa shape index (κ2) is 7.70. The highest BCUT2D eigenvalue weighted by Crippen LogP contribution is 2.18. The van der Waals surface area contributed by atoms with E-state index >= 15 is 0 Å². The van der Waals surface area contributed by atoms with Crippen molar-refractivity contribution in [3.05, 3.63) is 54.1 Å². The van der Waals surface area contributed by atoms with Gasteiger partial charge in [0.2, 0.25) is 0 Å². The lowest BCUT2D eigenvalue weighted by Gasteiger charge is -2.36. The van der Waals surface area contributed by atoms with E-state index in [1.165, 1.54) is 0 Å². The van der Waals surface area contributed by atoms with E-state index in [1.54, 1.807) is 35.4 Å². The maximum absolute atomic E-state index is 12.8. The first-order chi connectivity index (χ1) is 12.5. The molecule has 0 spiro atoms. The average molecular weight is 356 g/mol. The van der Waals surface area contributed by atoms with Crippen LogP contribution in [0.25, 0.3) is 0 Å². The van der Waals surface area contributed by atoms with Gasteiger partial charge in [-0.25, -0.2) is 0 Å². The third-order valence-corrected chi connectivity index (χ3v) is 4.64. The van der Waals surface area contributed by atoms with Crippen LogP contribution in [0.4, 0.5) is 0 Å². The zero-order chi connectivity index (χ0) is 18.7. The summed E-state index contributed by atoms with van der Waals surface area (Å²) in [4.78, 5) is 30.6. The lowest BCUT2D eigenvalue weighted by Crippen LogP contribution is -2.55. The number of carbonyl (C=O) groups is 2. The smallest absolute Gasteiger partial charge is 0.270 e.